The topological polar surface area (TPSA) is 95.5 Å². The van der Waals surface area contributed by atoms with Gasteiger partial charge in [0.15, 0.2) is 0 Å². The van der Waals surface area contributed by atoms with Crippen molar-refractivity contribution in [3.63, 3.8) is 0 Å². The normalized spacial score (nSPS) is 12.9. The summed E-state index contributed by atoms with van der Waals surface area (Å²) in [5, 5.41) is 14.2. The van der Waals surface area contributed by atoms with Crippen LogP contribution in [0.1, 0.15) is 47.5 Å². The molecular weight excluding hydrogens is 260 g/mol. The number of carbonyl (C=O) groups excluding carboxylic acids is 2. The van der Waals surface area contributed by atoms with Crippen LogP contribution in [0.3, 0.4) is 0 Å². The maximum Gasteiger partial charge on any atom is 0.326 e. The van der Waals surface area contributed by atoms with Gasteiger partial charge in [-0.2, -0.15) is 0 Å². The van der Waals surface area contributed by atoms with E-state index < -0.39 is 17.4 Å². The van der Waals surface area contributed by atoms with Crippen molar-refractivity contribution in [3.8, 4) is 0 Å². The molecule has 0 saturated heterocycles. The summed E-state index contributed by atoms with van der Waals surface area (Å²) < 4.78 is 0. The monoisotopic (exact) mass is 286 g/mol. The molecule has 0 fully saturated rings. The zero-order chi connectivity index (χ0) is 15.9. The van der Waals surface area contributed by atoms with Gasteiger partial charge in [-0.15, -0.1) is 0 Å². The minimum absolute atomic E-state index is 0.0662. The number of hydrogen-bond donors (Lipinski definition) is 3. The van der Waals surface area contributed by atoms with Gasteiger partial charge in [0.1, 0.15) is 6.04 Å². The highest BCUT2D eigenvalue weighted by molar-refractivity contribution is 5.84. The van der Waals surface area contributed by atoms with Gasteiger partial charge in [0, 0.05) is 18.4 Å². The maximum atomic E-state index is 11.6. The largest absolute Gasteiger partial charge is 0.480 e. The molecule has 1 atom stereocenters. The summed E-state index contributed by atoms with van der Waals surface area (Å²) in [5.74, 6) is -1.58. The van der Waals surface area contributed by atoms with E-state index in [1.807, 2.05) is 20.8 Å². The predicted molar refractivity (Wildman–Crippen MR) is 76.1 cm³/mol. The summed E-state index contributed by atoms with van der Waals surface area (Å²) in [6, 6.07) is -0.869. The SMILES string of the molecule is CC(C)[C@H](NC(=O)CCCNC(=O)C(C)(C)C)C(=O)O. The van der Waals surface area contributed by atoms with Crippen LogP contribution in [-0.4, -0.2) is 35.5 Å². The summed E-state index contributed by atoms with van der Waals surface area (Å²) >= 11 is 0. The number of hydrogen-bond acceptors (Lipinski definition) is 3. The number of amides is 2. The molecule has 0 radical (unpaired) electrons. The van der Waals surface area contributed by atoms with E-state index in [-0.39, 0.29) is 24.2 Å². The Labute approximate surface area is 120 Å². The van der Waals surface area contributed by atoms with E-state index in [2.05, 4.69) is 10.6 Å². The summed E-state index contributed by atoms with van der Waals surface area (Å²) in [5.41, 5.74) is -0.450. The van der Waals surface area contributed by atoms with E-state index in [4.69, 9.17) is 5.11 Å². The Morgan fingerprint density at radius 3 is 2.10 bits per heavy atom. The molecule has 0 rings (SSSR count). The van der Waals surface area contributed by atoms with E-state index in [9.17, 15) is 14.4 Å². The average molecular weight is 286 g/mol. The van der Waals surface area contributed by atoms with Crippen molar-refractivity contribution >= 4 is 17.8 Å². The second-order valence-corrected chi connectivity index (χ2v) is 6.24. The van der Waals surface area contributed by atoms with Gasteiger partial charge in [0.25, 0.3) is 0 Å². The summed E-state index contributed by atoms with van der Waals surface area (Å²) in [4.78, 5) is 34.1. The second-order valence-electron chi connectivity index (χ2n) is 6.24. The van der Waals surface area contributed by atoms with E-state index in [1.165, 1.54) is 0 Å². The fourth-order valence-electron chi connectivity index (χ4n) is 1.48. The molecule has 0 bridgehead atoms. The van der Waals surface area contributed by atoms with Crippen LogP contribution in [0.4, 0.5) is 0 Å². The van der Waals surface area contributed by atoms with E-state index >= 15 is 0 Å². The summed E-state index contributed by atoms with van der Waals surface area (Å²) in [6.07, 6.45) is 0.680. The molecule has 0 aromatic heterocycles. The lowest BCUT2D eigenvalue weighted by Gasteiger charge is -2.19. The lowest BCUT2D eigenvalue weighted by molar-refractivity contribution is -0.143. The second kappa shape index (κ2) is 7.87. The Morgan fingerprint density at radius 2 is 1.70 bits per heavy atom. The molecule has 0 saturated carbocycles. The third kappa shape index (κ3) is 7.11. The van der Waals surface area contributed by atoms with Crippen molar-refractivity contribution in [1.29, 1.82) is 0 Å². The fourth-order valence-corrected chi connectivity index (χ4v) is 1.48. The fraction of sp³-hybridized carbons (Fsp3) is 0.786. The Balaban J connectivity index is 4.01. The first-order valence-corrected chi connectivity index (χ1v) is 6.86. The highest BCUT2D eigenvalue weighted by atomic mass is 16.4. The number of carbonyl (C=O) groups is 3. The van der Waals surface area contributed by atoms with Crippen molar-refractivity contribution < 1.29 is 19.5 Å². The molecule has 2 amide bonds. The van der Waals surface area contributed by atoms with Crippen molar-refractivity contribution in [3.05, 3.63) is 0 Å². The molecule has 0 aliphatic rings. The number of aliphatic carboxylic acids is 1. The Morgan fingerprint density at radius 1 is 1.15 bits per heavy atom. The molecule has 116 valence electrons. The van der Waals surface area contributed by atoms with Gasteiger partial charge in [0.05, 0.1) is 0 Å². The van der Waals surface area contributed by atoms with Crippen LogP contribution in [0.2, 0.25) is 0 Å². The molecule has 0 aromatic rings. The molecule has 6 heteroatoms. The van der Waals surface area contributed by atoms with Crippen LogP contribution in [-0.2, 0) is 14.4 Å². The van der Waals surface area contributed by atoms with Crippen molar-refractivity contribution in [2.45, 2.75) is 53.5 Å². The molecule has 0 heterocycles. The van der Waals surface area contributed by atoms with Crippen molar-refractivity contribution in [2.24, 2.45) is 11.3 Å². The van der Waals surface area contributed by atoms with Gasteiger partial charge in [-0.05, 0) is 12.3 Å². The third-order valence-corrected chi connectivity index (χ3v) is 2.80. The van der Waals surface area contributed by atoms with Crippen molar-refractivity contribution in [1.82, 2.24) is 10.6 Å². The average Bonchev–Trinajstić information content (AvgIpc) is 2.29. The Bertz CT molecular complexity index is 359. The molecule has 0 aliphatic heterocycles. The van der Waals surface area contributed by atoms with E-state index in [0.29, 0.717) is 13.0 Å². The van der Waals surface area contributed by atoms with Gasteiger partial charge >= 0.3 is 5.97 Å². The Hall–Kier alpha value is -1.59. The number of carboxylic acids is 1. The number of carboxylic acid groups (broad SMARTS) is 1. The van der Waals surface area contributed by atoms with Gasteiger partial charge in [-0.25, -0.2) is 4.79 Å². The summed E-state index contributed by atoms with van der Waals surface area (Å²) in [6.45, 7) is 9.33. The van der Waals surface area contributed by atoms with Crippen LogP contribution in [0.15, 0.2) is 0 Å². The molecule has 0 unspecified atom stereocenters. The van der Waals surface area contributed by atoms with E-state index in [1.54, 1.807) is 13.8 Å². The third-order valence-electron chi connectivity index (χ3n) is 2.80. The summed E-state index contributed by atoms with van der Waals surface area (Å²) in [7, 11) is 0. The van der Waals surface area contributed by atoms with Crippen LogP contribution >= 0.6 is 0 Å². The molecule has 3 N–H and O–H groups in total. The first-order chi connectivity index (χ1) is 9.05. The first-order valence-electron chi connectivity index (χ1n) is 6.86. The van der Waals surface area contributed by atoms with Crippen LogP contribution < -0.4 is 10.6 Å². The number of rotatable bonds is 7. The molecule has 6 nitrogen and oxygen atoms in total. The molecular formula is C14H26N2O4. The lowest BCUT2D eigenvalue weighted by atomic mass is 9.96. The predicted octanol–water partition coefficient (Wildman–Crippen LogP) is 1.15. The van der Waals surface area contributed by atoms with E-state index in [0.717, 1.165) is 0 Å². The van der Waals surface area contributed by atoms with Gasteiger partial charge in [0.2, 0.25) is 11.8 Å². The maximum absolute atomic E-state index is 11.6. The Kier molecular flexibility index (Phi) is 7.24. The first kappa shape index (κ1) is 18.4. The van der Waals surface area contributed by atoms with Crippen LogP contribution in [0.5, 0.6) is 0 Å². The molecule has 0 aromatic carbocycles. The van der Waals surface area contributed by atoms with Crippen LogP contribution in [0.25, 0.3) is 0 Å². The molecule has 0 spiro atoms. The zero-order valence-electron chi connectivity index (χ0n) is 12.9. The highest BCUT2D eigenvalue weighted by Gasteiger charge is 2.23. The van der Waals surface area contributed by atoms with Crippen LogP contribution in [0, 0.1) is 11.3 Å². The minimum atomic E-state index is -1.03. The van der Waals surface area contributed by atoms with Gasteiger partial charge in [-0.3, -0.25) is 9.59 Å². The van der Waals surface area contributed by atoms with Crippen molar-refractivity contribution in [2.75, 3.05) is 6.54 Å². The minimum Gasteiger partial charge on any atom is -0.480 e. The molecule has 20 heavy (non-hydrogen) atoms. The quantitative estimate of drug-likeness (QED) is 0.612. The smallest absolute Gasteiger partial charge is 0.326 e. The van der Waals surface area contributed by atoms with Gasteiger partial charge < -0.3 is 15.7 Å². The standard InChI is InChI=1S/C14H26N2O4/c1-9(2)11(12(18)19)16-10(17)7-6-8-15-13(20)14(3,4)5/h9,11H,6-8H2,1-5H3,(H,15,20)(H,16,17)(H,18,19)/t11-/m0/s1. The van der Waals surface area contributed by atoms with Gasteiger partial charge in [-0.1, -0.05) is 34.6 Å². The lowest BCUT2D eigenvalue weighted by Crippen LogP contribution is -2.44. The number of nitrogens with one attached hydrogen (secondary N) is 2. The highest BCUT2D eigenvalue weighted by Crippen LogP contribution is 2.12. The molecule has 0 aliphatic carbocycles. The zero-order valence-corrected chi connectivity index (χ0v) is 12.9.